The maximum absolute atomic E-state index is 12.2. The van der Waals surface area contributed by atoms with Gasteiger partial charge in [-0.1, -0.05) is 37.0 Å². The minimum atomic E-state index is -3.67. The Morgan fingerprint density at radius 3 is 2.47 bits per heavy atom. The van der Waals surface area contributed by atoms with E-state index in [0.717, 1.165) is 0 Å². The third-order valence-electron chi connectivity index (χ3n) is 2.69. The number of halogens is 3. The summed E-state index contributed by atoms with van der Waals surface area (Å²) in [6.07, 6.45) is 0.709. The first-order valence-corrected chi connectivity index (χ1v) is 8.46. The molecule has 0 aliphatic rings. The van der Waals surface area contributed by atoms with E-state index >= 15 is 0 Å². The molecule has 3 nitrogen and oxygen atoms in total. The summed E-state index contributed by atoms with van der Waals surface area (Å²) in [5.41, 5.74) is -0.222. The second-order valence-electron chi connectivity index (χ2n) is 5.00. The van der Waals surface area contributed by atoms with Gasteiger partial charge in [-0.3, -0.25) is 0 Å². The van der Waals surface area contributed by atoms with Crippen LogP contribution in [0.15, 0.2) is 23.1 Å². The summed E-state index contributed by atoms with van der Waals surface area (Å²) in [5, 5.41) is 0.469. The van der Waals surface area contributed by atoms with Crippen molar-refractivity contribution in [2.75, 3.05) is 12.4 Å². The SMILES string of the molecule is CC(C)(CCCl)CNS(=O)(=O)c1cc(Cl)ccc1Cl. The topological polar surface area (TPSA) is 46.2 Å². The van der Waals surface area contributed by atoms with Gasteiger partial charge in [0.15, 0.2) is 0 Å². The smallest absolute Gasteiger partial charge is 0.211 e. The maximum atomic E-state index is 12.2. The number of benzene rings is 1. The molecule has 0 unspecified atom stereocenters. The first-order valence-electron chi connectivity index (χ1n) is 5.69. The van der Waals surface area contributed by atoms with Crippen LogP contribution in [-0.2, 0) is 10.0 Å². The molecule has 0 fully saturated rings. The number of hydrogen-bond acceptors (Lipinski definition) is 2. The molecule has 0 atom stereocenters. The summed E-state index contributed by atoms with van der Waals surface area (Å²) in [7, 11) is -3.67. The van der Waals surface area contributed by atoms with E-state index in [9.17, 15) is 8.42 Å². The van der Waals surface area contributed by atoms with Crippen LogP contribution < -0.4 is 4.72 Å². The fourth-order valence-corrected chi connectivity index (χ4v) is 3.91. The lowest BCUT2D eigenvalue weighted by Crippen LogP contribution is -2.34. The molecule has 0 aromatic heterocycles. The highest BCUT2D eigenvalue weighted by Gasteiger charge is 2.23. The fraction of sp³-hybridized carbons (Fsp3) is 0.500. The summed E-state index contributed by atoms with van der Waals surface area (Å²) in [6, 6.07) is 4.34. The Hall–Kier alpha value is -0.000000000000000111. The fourth-order valence-electron chi connectivity index (χ4n) is 1.40. The zero-order valence-corrected chi connectivity index (χ0v) is 13.8. The molecule has 1 aromatic rings. The van der Waals surface area contributed by atoms with E-state index < -0.39 is 10.0 Å². The molecule has 0 radical (unpaired) electrons. The minimum absolute atomic E-state index is 0.0108. The van der Waals surface area contributed by atoms with Gasteiger partial charge < -0.3 is 0 Å². The van der Waals surface area contributed by atoms with Crippen LogP contribution in [0.4, 0.5) is 0 Å². The molecular weight excluding hydrogens is 329 g/mol. The summed E-state index contributed by atoms with van der Waals surface area (Å²) in [5.74, 6) is 0.479. The molecule has 108 valence electrons. The summed E-state index contributed by atoms with van der Waals surface area (Å²) >= 11 is 17.4. The van der Waals surface area contributed by atoms with Crippen LogP contribution in [-0.4, -0.2) is 20.8 Å². The van der Waals surface area contributed by atoms with E-state index in [1.54, 1.807) is 6.07 Å². The van der Waals surface area contributed by atoms with Crippen LogP contribution >= 0.6 is 34.8 Å². The van der Waals surface area contributed by atoms with Crippen LogP contribution in [0.5, 0.6) is 0 Å². The van der Waals surface area contributed by atoms with Crippen molar-refractivity contribution in [3.05, 3.63) is 28.2 Å². The quantitative estimate of drug-likeness (QED) is 0.795. The van der Waals surface area contributed by atoms with Crippen molar-refractivity contribution in [1.29, 1.82) is 0 Å². The first-order chi connectivity index (χ1) is 8.68. The molecule has 19 heavy (non-hydrogen) atoms. The molecular formula is C12H16Cl3NO2S. The zero-order chi connectivity index (χ0) is 14.7. The second kappa shape index (κ2) is 6.64. The number of sulfonamides is 1. The van der Waals surface area contributed by atoms with E-state index in [2.05, 4.69) is 4.72 Å². The summed E-state index contributed by atoms with van der Waals surface area (Å²) in [6.45, 7) is 4.17. The van der Waals surface area contributed by atoms with Gasteiger partial charge in [0, 0.05) is 17.4 Å². The van der Waals surface area contributed by atoms with Crippen LogP contribution in [0.25, 0.3) is 0 Å². The summed E-state index contributed by atoms with van der Waals surface area (Å²) in [4.78, 5) is -0.0108. The maximum Gasteiger partial charge on any atom is 0.242 e. The standard InChI is InChI=1S/C12H16Cl3NO2S/c1-12(2,5-6-13)8-16-19(17,18)11-7-9(14)3-4-10(11)15/h3-4,7,16H,5-6,8H2,1-2H3. The largest absolute Gasteiger partial charge is 0.242 e. The van der Waals surface area contributed by atoms with Gasteiger partial charge in [0.2, 0.25) is 10.0 Å². The van der Waals surface area contributed by atoms with E-state index in [1.165, 1.54) is 12.1 Å². The van der Waals surface area contributed by atoms with E-state index in [0.29, 0.717) is 17.3 Å². The van der Waals surface area contributed by atoms with Gasteiger partial charge in [-0.2, -0.15) is 0 Å². The molecule has 1 rings (SSSR count). The number of nitrogens with one attached hydrogen (secondary N) is 1. The second-order valence-corrected chi connectivity index (χ2v) is 7.96. The third-order valence-corrected chi connectivity index (χ3v) is 5.00. The molecule has 0 bridgehead atoms. The van der Waals surface area contributed by atoms with Crippen molar-refractivity contribution in [2.45, 2.75) is 25.2 Å². The Morgan fingerprint density at radius 1 is 1.26 bits per heavy atom. The van der Waals surface area contributed by atoms with Crippen LogP contribution in [0, 0.1) is 5.41 Å². The molecule has 1 N–H and O–H groups in total. The van der Waals surface area contributed by atoms with Gasteiger partial charge in [-0.05, 0) is 30.0 Å². The molecule has 0 saturated carbocycles. The Morgan fingerprint density at radius 2 is 1.89 bits per heavy atom. The number of alkyl halides is 1. The molecule has 0 amide bonds. The van der Waals surface area contributed by atoms with Crippen molar-refractivity contribution in [2.24, 2.45) is 5.41 Å². The predicted molar refractivity (Wildman–Crippen MR) is 80.8 cm³/mol. The molecule has 0 saturated heterocycles. The predicted octanol–water partition coefficient (Wildman–Crippen LogP) is 3.93. The third kappa shape index (κ3) is 5.12. The molecule has 0 aliphatic carbocycles. The van der Waals surface area contributed by atoms with Crippen molar-refractivity contribution in [3.8, 4) is 0 Å². The Kier molecular flexibility index (Phi) is 5.96. The Labute approximate surface area is 129 Å². The number of rotatable bonds is 6. The monoisotopic (exact) mass is 343 g/mol. The lowest BCUT2D eigenvalue weighted by atomic mass is 9.91. The molecule has 1 aromatic carbocycles. The van der Waals surface area contributed by atoms with Crippen molar-refractivity contribution < 1.29 is 8.42 Å². The Bertz CT molecular complexity index is 544. The van der Waals surface area contributed by atoms with Gasteiger partial charge in [-0.25, -0.2) is 13.1 Å². The van der Waals surface area contributed by atoms with Crippen molar-refractivity contribution in [1.82, 2.24) is 4.72 Å². The van der Waals surface area contributed by atoms with Crippen molar-refractivity contribution in [3.63, 3.8) is 0 Å². The zero-order valence-electron chi connectivity index (χ0n) is 10.7. The Balaban J connectivity index is 2.90. The van der Waals surface area contributed by atoms with Crippen LogP contribution in [0.1, 0.15) is 20.3 Å². The lowest BCUT2D eigenvalue weighted by molar-refractivity contribution is 0.352. The van der Waals surface area contributed by atoms with Gasteiger partial charge in [0.05, 0.1) is 5.02 Å². The highest BCUT2D eigenvalue weighted by molar-refractivity contribution is 7.89. The van der Waals surface area contributed by atoms with Gasteiger partial charge in [0.25, 0.3) is 0 Å². The molecule has 0 heterocycles. The lowest BCUT2D eigenvalue weighted by Gasteiger charge is -2.23. The van der Waals surface area contributed by atoms with Crippen molar-refractivity contribution >= 4 is 44.8 Å². The van der Waals surface area contributed by atoms with E-state index in [4.69, 9.17) is 34.8 Å². The average Bonchev–Trinajstić information content (AvgIpc) is 2.30. The van der Waals surface area contributed by atoms with Crippen LogP contribution in [0.3, 0.4) is 0 Å². The molecule has 7 heteroatoms. The van der Waals surface area contributed by atoms with Crippen LogP contribution in [0.2, 0.25) is 10.0 Å². The summed E-state index contributed by atoms with van der Waals surface area (Å²) < 4.78 is 26.9. The number of hydrogen-bond donors (Lipinski definition) is 1. The highest BCUT2D eigenvalue weighted by Crippen LogP contribution is 2.26. The average molecular weight is 345 g/mol. The molecule has 0 spiro atoms. The van der Waals surface area contributed by atoms with Gasteiger partial charge in [0.1, 0.15) is 4.90 Å². The van der Waals surface area contributed by atoms with E-state index in [1.807, 2.05) is 13.8 Å². The minimum Gasteiger partial charge on any atom is -0.211 e. The first kappa shape index (κ1) is 17.1. The molecule has 0 aliphatic heterocycles. The van der Waals surface area contributed by atoms with Gasteiger partial charge >= 0.3 is 0 Å². The normalized spacial score (nSPS) is 12.7. The highest BCUT2D eigenvalue weighted by atomic mass is 35.5. The van der Waals surface area contributed by atoms with Gasteiger partial charge in [-0.15, -0.1) is 11.6 Å². The van der Waals surface area contributed by atoms with E-state index in [-0.39, 0.29) is 21.9 Å².